The molecule has 0 saturated carbocycles. The summed E-state index contributed by atoms with van der Waals surface area (Å²) in [6, 6.07) is 0. The second-order valence-electron chi connectivity index (χ2n) is 5.25. The van der Waals surface area contributed by atoms with Crippen LogP contribution in [-0.4, -0.2) is 30.8 Å². The van der Waals surface area contributed by atoms with Gasteiger partial charge in [-0.05, 0) is 38.3 Å². The average Bonchev–Trinajstić information content (AvgIpc) is 2.30. The van der Waals surface area contributed by atoms with Crippen molar-refractivity contribution < 1.29 is 4.79 Å². The molecule has 88 valence electrons. The van der Waals surface area contributed by atoms with Crippen LogP contribution in [0, 0.1) is 11.3 Å². The van der Waals surface area contributed by atoms with Crippen LogP contribution in [0.25, 0.3) is 0 Å². The van der Waals surface area contributed by atoms with E-state index >= 15 is 0 Å². The smallest absolute Gasteiger partial charge is 0.127 e. The minimum atomic E-state index is -0.126. The third-order valence-electron chi connectivity index (χ3n) is 3.96. The second kappa shape index (κ2) is 5.64. The Hall–Kier alpha value is -0.370. The number of likely N-dealkylation sites (tertiary alicyclic amines) is 1. The van der Waals surface area contributed by atoms with Crippen molar-refractivity contribution in [1.29, 1.82) is 0 Å². The maximum atomic E-state index is 11.0. The van der Waals surface area contributed by atoms with E-state index in [9.17, 15) is 4.79 Å². The number of hydrogen-bond donors (Lipinski definition) is 0. The average molecular weight is 211 g/mol. The van der Waals surface area contributed by atoms with Gasteiger partial charge in [0.05, 0.1) is 0 Å². The number of aldehydes is 1. The molecule has 1 saturated heterocycles. The van der Waals surface area contributed by atoms with Crippen molar-refractivity contribution in [2.75, 3.05) is 19.6 Å². The van der Waals surface area contributed by atoms with Gasteiger partial charge in [-0.25, -0.2) is 0 Å². The first-order valence-electron chi connectivity index (χ1n) is 6.32. The molecule has 1 heterocycles. The SMILES string of the molecule is CCC1CCN(CC(C)(C=O)CC)CC1. The van der Waals surface area contributed by atoms with Crippen molar-refractivity contribution in [3.05, 3.63) is 0 Å². The summed E-state index contributed by atoms with van der Waals surface area (Å²) in [5.41, 5.74) is -0.126. The molecular formula is C13H25NO. The summed E-state index contributed by atoms with van der Waals surface area (Å²) in [4.78, 5) is 13.5. The predicted molar refractivity (Wildman–Crippen MR) is 63.9 cm³/mol. The van der Waals surface area contributed by atoms with Crippen LogP contribution in [0.15, 0.2) is 0 Å². The van der Waals surface area contributed by atoms with E-state index in [-0.39, 0.29) is 5.41 Å². The van der Waals surface area contributed by atoms with E-state index in [1.807, 2.05) is 0 Å². The summed E-state index contributed by atoms with van der Waals surface area (Å²) in [7, 11) is 0. The van der Waals surface area contributed by atoms with Gasteiger partial charge >= 0.3 is 0 Å². The molecule has 1 fully saturated rings. The van der Waals surface area contributed by atoms with E-state index < -0.39 is 0 Å². The first-order chi connectivity index (χ1) is 7.13. The van der Waals surface area contributed by atoms with Crippen LogP contribution in [0.2, 0.25) is 0 Å². The van der Waals surface area contributed by atoms with Crippen LogP contribution in [0.4, 0.5) is 0 Å². The standard InChI is InChI=1S/C13H25NO/c1-4-12-6-8-14(9-7-12)10-13(3,5-2)11-15/h11-12H,4-10H2,1-3H3. The maximum absolute atomic E-state index is 11.0. The molecule has 1 atom stereocenters. The van der Waals surface area contributed by atoms with Gasteiger partial charge in [0.1, 0.15) is 6.29 Å². The monoisotopic (exact) mass is 211 g/mol. The summed E-state index contributed by atoms with van der Waals surface area (Å²) in [6.07, 6.45) is 6.03. The quantitative estimate of drug-likeness (QED) is 0.652. The molecule has 1 aliphatic heterocycles. The highest BCUT2D eigenvalue weighted by atomic mass is 16.1. The molecule has 1 rings (SSSR count). The summed E-state index contributed by atoms with van der Waals surface area (Å²) < 4.78 is 0. The Morgan fingerprint density at radius 2 is 1.93 bits per heavy atom. The van der Waals surface area contributed by atoms with E-state index in [0.717, 1.165) is 25.2 Å². The highest BCUT2D eigenvalue weighted by molar-refractivity contribution is 5.58. The molecule has 0 radical (unpaired) electrons. The van der Waals surface area contributed by atoms with Crippen molar-refractivity contribution in [3.63, 3.8) is 0 Å². The molecule has 0 spiro atoms. The van der Waals surface area contributed by atoms with Gasteiger partial charge in [0.15, 0.2) is 0 Å². The maximum Gasteiger partial charge on any atom is 0.127 e. The van der Waals surface area contributed by atoms with Crippen LogP contribution in [0.3, 0.4) is 0 Å². The Kier molecular flexibility index (Phi) is 4.78. The molecule has 0 aromatic heterocycles. The molecule has 2 heteroatoms. The third kappa shape index (κ3) is 3.60. The van der Waals surface area contributed by atoms with Crippen molar-refractivity contribution >= 4 is 6.29 Å². The fraction of sp³-hybridized carbons (Fsp3) is 0.923. The highest BCUT2D eigenvalue weighted by Gasteiger charge is 2.27. The van der Waals surface area contributed by atoms with Crippen LogP contribution in [0.1, 0.15) is 46.5 Å². The van der Waals surface area contributed by atoms with Gasteiger partial charge in [0.2, 0.25) is 0 Å². The van der Waals surface area contributed by atoms with Crippen molar-refractivity contribution in [2.45, 2.75) is 46.5 Å². The van der Waals surface area contributed by atoms with Gasteiger partial charge in [-0.3, -0.25) is 0 Å². The number of piperidine rings is 1. The van der Waals surface area contributed by atoms with Crippen molar-refractivity contribution in [2.24, 2.45) is 11.3 Å². The van der Waals surface area contributed by atoms with Gasteiger partial charge in [-0.2, -0.15) is 0 Å². The zero-order valence-electron chi connectivity index (χ0n) is 10.5. The first kappa shape index (κ1) is 12.7. The normalized spacial score (nSPS) is 23.7. The lowest BCUT2D eigenvalue weighted by atomic mass is 9.87. The molecule has 0 aromatic rings. The Morgan fingerprint density at radius 3 is 2.33 bits per heavy atom. The van der Waals surface area contributed by atoms with Gasteiger partial charge in [-0.15, -0.1) is 0 Å². The number of hydrogen-bond acceptors (Lipinski definition) is 2. The zero-order valence-corrected chi connectivity index (χ0v) is 10.5. The molecule has 2 nitrogen and oxygen atoms in total. The number of nitrogens with zero attached hydrogens (tertiary/aromatic N) is 1. The highest BCUT2D eigenvalue weighted by Crippen LogP contribution is 2.25. The lowest BCUT2D eigenvalue weighted by Gasteiger charge is -2.36. The van der Waals surface area contributed by atoms with Crippen LogP contribution < -0.4 is 0 Å². The molecule has 0 aromatic carbocycles. The van der Waals surface area contributed by atoms with Gasteiger partial charge in [0, 0.05) is 12.0 Å². The second-order valence-corrected chi connectivity index (χ2v) is 5.25. The molecule has 1 aliphatic rings. The van der Waals surface area contributed by atoms with Gasteiger partial charge in [-0.1, -0.05) is 27.2 Å². The minimum absolute atomic E-state index is 0.126. The van der Waals surface area contributed by atoms with Crippen LogP contribution in [-0.2, 0) is 4.79 Å². The fourth-order valence-electron chi connectivity index (χ4n) is 2.30. The summed E-state index contributed by atoms with van der Waals surface area (Å²) >= 11 is 0. The Morgan fingerprint density at radius 1 is 1.33 bits per heavy atom. The van der Waals surface area contributed by atoms with Gasteiger partial charge in [0.25, 0.3) is 0 Å². The van der Waals surface area contributed by atoms with E-state index in [4.69, 9.17) is 0 Å². The van der Waals surface area contributed by atoms with Crippen LogP contribution >= 0.6 is 0 Å². The van der Waals surface area contributed by atoms with E-state index in [0.29, 0.717) is 0 Å². The number of carbonyl (C=O) groups is 1. The van der Waals surface area contributed by atoms with Gasteiger partial charge < -0.3 is 9.69 Å². The molecule has 15 heavy (non-hydrogen) atoms. The first-order valence-corrected chi connectivity index (χ1v) is 6.32. The molecular weight excluding hydrogens is 186 g/mol. The largest absolute Gasteiger partial charge is 0.303 e. The summed E-state index contributed by atoms with van der Waals surface area (Å²) in [5.74, 6) is 0.922. The Bertz CT molecular complexity index is 197. The Balaban J connectivity index is 2.37. The summed E-state index contributed by atoms with van der Waals surface area (Å²) in [6.45, 7) is 9.77. The predicted octanol–water partition coefficient (Wildman–Crippen LogP) is 2.72. The van der Waals surface area contributed by atoms with Crippen LogP contribution in [0.5, 0.6) is 0 Å². The molecule has 0 bridgehead atoms. The van der Waals surface area contributed by atoms with Crippen molar-refractivity contribution in [1.82, 2.24) is 4.90 Å². The summed E-state index contributed by atoms with van der Waals surface area (Å²) in [5, 5.41) is 0. The lowest BCUT2D eigenvalue weighted by Crippen LogP contribution is -2.41. The molecule has 0 aliphatic carbocycles. The number of carbonyl (C=O) groups excluding carboxylic acids is 1. The minimum Gasteiger partial charge on any atom is -0.303 e. The Labute approximate surface area is 94.0 Å². The third-order valence-corrected chi connectivity index (χ3v) is 3.96. The fourth-order valence-corrected chi connectivity index (χ4v) is 2.30. The molecule has 0 amide bonds. The van der Waals surface area contributed by atoms with Crippen molar-refractivity contribution in [3.8, 4) is 0 Å². The lowest BCUT2D eigenvalue weighted by molar-refractivity contribution is -0.116. The number of rotatable bonds is 5. The van der Waals surface area contributed by atoms with E-state index in [2.05, 4.69) is 25.7 Å². The molecule has 0 N–H and O–H groups in total. The van der Waals surface area contributed by atoms with E-state index in [1.165, 1.54) is 32.4 Å². The molecule has 1 unspecified atom stereocenters. The zero-order chi connectivity index (χ0) is 11.3. The topological polar surface area (TPSA) is 20.3 Å². The van der Waals surface area contributed by atoms with E-state index in [1.54, 1.807) is 0 Å².